The molecular formula is C20H23F2N5S. The molecular weight excluding hydrogens is 380 g/mol. The van der Waals surface area contributed by atoms with Gasteiger partial charge in [-0.2, -0.15) is 0 Å². The van der Waals surface area contributed by atoms with Crippen molar-refractivity contribution in [1.82, 2.24) is 19.9 Å². The molecule has 5 nitrogen and oxygen atoms in total. The Morgan fingerprint density at radius 2 is 2.21 bits per heavy atom. The Morgan fingerprint density at radius 3 is 2.96 bits per heavy atom. The lowest BCUT2D eigenvalue weighted by molar-refractivity contribution is 0.211. The first kappa shape index (κ1) is 13.1. The number of piperidine rings is 1. The minimum Gasteiger partial charge on any atom is -0.365 e. The number of fused-ring (bicyclic) bond motifs is 1. The number of anilines is 1. The fraction of sp³-hybridized carbons (Fsp3) is 0.450. The Labute approximate surface area is 175 Å². The lowest BCUT2D eigenvalue weighted by Gasteiger charge is -2.32. The summed E-state index contributed by atoms with van der Waals surface area (Å²) in [6.45, 7) is 2.46. The molecule has 1 aromatic carbocycles. The van der Waals surface area contributed by atoms with E-state index in [1.165, 1.54) is 17.7 Å². The maximum atomic E-state index is 13.9. The minimum absolute atomic E-state index is 0.128. The van der Waals surface area contributed by atoms with Gasteiger partial charge < -0.3 is 5.31 Å². The Balaban J connectivity index is 1.56. The highest BCUT2D eigenvalue weighted by atomic mass is 32.1. The summed E-state index contributed by atoms with van der Waals surface area (Å²) in [5.41, 5.74) is 0.120. The highest BCUT2D eigenvalue weighted by Crippen LogP contribution is 2.29. The average Bonchev–Trinajstić information content (AvgIpc) is 3.23. The Morgan fingerprint density at radius 1 is 1.43 bits per heavy atom. The average molecular weight is 410 g/mol. The fourth-order valence-electron chi connectivity index (χ4n) is 2.88. The summed E-state index contributed by atoms with van der Waals surface area (Å²) in [5, 5.41) is 1.50. The summed E-state index contributed by atoms with van der Waals surface area (Å²) in [6.07, 6.45) is 1.55. The van der Waals surface area contributed by atoms with Crippen LogP contribution in [0.15, 0.2) is 24.5 Å². The molecule has 0 aliphatic carbocycles. The predicted molar refractivity (Wildman–Crippen MR) is 108 cm³/mol. The number of likely N-dealkylation sites (tertiary alicyclic amines) is 1. The van der Waals surface area contributed by atoms with Gasteiger partial charge in [-0.15, -0.1) is 0 Å². The molecule has 1 N–H and O–H groups in total. The van der Waals surface area contributed by atoms with Gasteiger partial charge in [0.15, 0.2) is 18.9 Å². The van der Waals surface area contributed by atoms with Crippen molar-refractivity contribution in [3.63, 3.8) is 0 Å². The zero-order chi connectivity index (χ0) is 25.0. The number of aromatic nitrogens is 3. The maximum absolute atomic E-state index is 13.9. The van der Waals surface area contributed by atoms with Crippen molar-refractivity contribution in [1.29, 1.82) is 0 Å². The summed E-state index contributed by atoms with van der Waals surface area (Å²) in [6, 6.07) is -1.97. The first-order valence-electron chi connectivity index (χ1n) is 11.9. The van der Waals surface area contributed by atoms with E-state index in [0.29, 0.717) is 21.4 Å². The van der Waals surface area contributed by atoms with Crippen molar-refractivity contribution in [2.24, 2.45) is 0 Å². The molecule has 0 amide bonds. The quantitative estimate of drug-likeness (QED) is 0.669. The first-order chi connectivity index (χ1) is 15.8. The highest BCUT2D eigenvalue weighted by molar-refractivity contribution is 7.18. The third kappa shape index (κ3) is 4.12. The molecule has 0 radical (unpaired) electrons. The Hall–Kier alpha value is -2.19. The van der Waals surface area contributed by atoms with Crippen LogP contribution in [0.2, 0.25) is 1.41 Å². The smallest absolute Gasteiger partial charge is 0.162 e. The molecule has 1 atom stereocenters. The van der Waals surface area contributed by atoms with Gasteiger partial charge in [-0.1, -0.05) is 31.2 Å². The van der Waals surface area contributed by atoms with E-state index >= 15 is 0 Å². The van der Waals surface area contributed by atoms with Crippen LogP contribution in [0.25, 0.3) is 10.3 Å². The standard InChI is InChI=1S/C20H23F2N5S/c1-12(2)19-26-17-18(23-11-24-20(17)28-19)25-14-5-7-27(8-6-14)10-13-3-4-15(21)16(22)9-13/h3-4,9,11-12,14H,5-8,10H2,1-2H3,(H,23,24,25)/i3D,9D,10D,12D,14D/hD. The van der Waals surface area contributed by atoms with Crippen LogP contribution in [-0.2, 0) is 6.52 Å². The van der Waals surface area contributed by atoms with Gasteiger partial charge in [-0.3, -0.25) is 4.90 Å². The Kier molecular flexibility index (Phi) is 3.77. The second kappa shape index (κ2) is 8.05. The second-order valence-corrected chi connectivity index (χ2v) is 7.68. The SMILES string of the molecule is [2H]c1cc(F)c(F)c([2H])c1C([2H])N1CCC([2H])(N([2H])c2ncnc3sc(C([2H])(C)C)nc23)CC1. The lowest BCUT2D eigenvalue weighted by atomic mass is 10.0. The number of nitrogens with zero attached hydrogens (tertiary/aromatic N) is 4. The normalized spacial score (nSPS) is 21.9. The monoisotopic (exact) mass is 409 g/mol. The van der Waals surface area contributed by atoms with Crippen molar-refractivity contribution < 1.29 is 17.0 Å². The third-order valence-corrected chi connectivity index (χ3v) is 5.55. The van der Waals surface area contributed by atoms with E-state index in [2.05, 4.69) is 15.0 Å². The molecule has 3 aromatic rings. The number of rotatable bonds is 5. The fourth-order valence-corrected chi connectivity index (χ4v) is 3.74. The molecule has 4 rings (SSSR count). The first-order valence-corrected chi connectivity index (χ1v) is 9.67. The van der Waals surface area contributed by atoms with Crippen LogP contribution >= 0.6 is 11.3 Å². The molecule has 1 aliphatic heterocycles. The zero-order valence-electron chi connectivity index (χ0n) is 21.5. The molecule has 1 saturated heterocycles. The summed E-state index contributed by atoms with van der Waals surface area (Å²) < 4.78 is 77.3. The number of benzene rings is 1. The van der Waals surface area contributed by atoms with Crippen molar-refractivity contribution in [2.75, 3.05) is 18.4 Å². The molecule has 0 spiro atoms. The van der Waals surface area contributed by atoms with Crippen molar-refractivity contribution in [3.8, 4) is 0 Å². The van der Waals surface area contributed by atoms with E-state index in [4.69, 9.17) is 8.27 Å². The van der Waals surface area contributed by atoms with Gasteiger partial charge in [0.25, 0.3) is 0 Å². The molecule has 0 saturated carbocycles. The van der Waals surface area contributed by atoms with Crippen LogP contribution in [0.1, 0.15) is 50.0 Å². The van der Waals surface area contributed by atoms with Gasteiger partial charge >= 0.3 is 0 Å². The van der Waals surface area contributed by atoms with E-state index < -0.39 is 42.2 Å². The number of hydrogen-bond acceptors (Lipinski definition) is 6. The van der Waals surface area contributed by atoms with Crippen LogP contribution in [0, 0.1) is 11.6 Å². The molecule has 1 aliphatic rings. The van der Waals surface area contributed by atoms with Gasteiger partial charge in [0.2, 0.25) is 0 Å². The van der Waals surface area contributed by atoms with Crippen LogP contribution in [0.4, 0.5) is 14.6 Å². The third-order valence-electron chi connectivity index (χ3n) is 4.36. The topological polar surface area (TPSA) is 53.9 Å². The number of nitrogens with one attached hydrogen (secondary N) is 1. The van der Waals surface area contributed by atoms with E-state index in [9.17, 15) is 8.78 Å². The summed E-state index contributed by atoms with van der Waals surface area (Å²) in [7, 11) is 0. The molecule has 1 unspecified atom stereocenters. The minimum atomic E-state index is -1.40. The van der Waals surface area contributed by atoms with Crippen LogP contribution < -0.4 is 5.31 Å². The van der Waals surface area contributed by atoms with Gasteiger partial charge in [-0.25, -0.2) is 23.7 Å². The summed E-state index contributed by atoms with van der Waals surface area (Å²) >= 11 is 1.24. The Bertz CT molecular complexity index is 1230. The van der Waals surface area contributed by atoms with E-state index in [1.807, 2.05) is 0 Å². The van der Waals surface area contributed by atoms with Crippen molar-refractivity contribution >= 4 is 27.5 Å². The van der Waals surface area contributed by atoms with Gasteiger partial charge in [-0.05, 0) is 30.5 Å². The molecule has 2 aromatic heterocycles. The van der Waals surface area contributed by atoms with E-state index in [0.717, 1.165) is 5.31 Å². The zero-order valence-corrected chi connectivity index (χ0v) is 16.3. The summed E-state index contributed by atoms with van der Waals surface area (Å²) in [4.78, 5) is 14.9. The van der Waals surface area contributed by atoms with Crippen LogP contribution in [0.5, 0.6) is 0 Å². The van der Waals surface area contributed by atoms with E-state index in [-0.39, 0.29) is 37.3 Å². The summed E-state index contributed by atoms with van der Waals surface area (Å²) in [5.74, 6) is -3.48. The lowest BCUT2D eigenvalue weighted by Crippen LogP contribution is -2.38. The molecule has 0 bridgehead atoms. The molecule has 148 valence electrons. The van der Waals surface area contributed by atoms with Crippen LogP contribution in [-0.4, -0.2) is 39.0 Å². The highest BCUT2D eigenvalue weighted by Gasteiger charge is 2.21. The number of hydrogen-bond donors (Lipinski definition) is 1. The molecule has 28 heavy (non-hydrogen) atoms. The van der Waals surface area contributed by atoms with Crippen molar-refractivity contribution in [2.45, 2.75) is 45.1 Å². The van der Waals surface area contributed by atoms with Gasteiger partial charge in [0.05, 0.1) is 9.12 Å². The molecule has 3 heterocycles. The van der Waals surface area contributed by atoms with Gasteiger partial charge in [0.1, 0.15) is 16.7 Å². The molecule has 8 heteroatoms. The predicted octanol–water partition coefficient (Wildman–Crippen LogP) is 4.56. The van der Waals surface area contributed by atoms with Gasteiger partial charge in [0, 0.05) is 34.3 Å². The van der Waals surface area contributed by atoms with Crippen molar-refractivity contribution in [3.05, 3.63) is 46.7 Å². The van der Waals surface area contributed by atoms with Crippen LogP contribution in [0.3, 0.4) is 0 Å². The number of thiazole rings is 1. The molecule has 1 fully saturated rings. The number of halogens is 2. The second-order valence-electron chi connectivity index (χ2n) is 6.70. The van der Waals surface area contributed by atoms with E-state index in [1.54, 1.807) is 18.7 Å². The largest absolute Gasteiger partial charge is 0.365 e. The maximum Gasteiger partial charge on any atom is 0.162 e.